The second-order valence-corrected chi connectivity index (χ2v) is 10.7. The first-order chi connectivity index (χ1) is 15.0. The lowest BCUT2D eigenvalue weighted by Gasteiger charge is -2.34. The van der Waals surface area contributed by atoms with E-state index >= 15 is 0 Å². The van der Waals surface area contributed by atoms with Crippen molar-refractivity contribution in [2.75, 3.05) is 13.2 Å². The maximum absolute atomic E-state index is 12.2. The van der Waals surface area contributed by atoms with Crippen molar-refractivity contribution in [2.24, 2.45) is 0 Å². The molecule has 188 valence electrons. The van der Waals surface area contributed by atoms with Gasteiger partial charge >= 0.3 is 29.2 Å². The highest BCUT2D eigenvalue weighted by Crippen LogP contribution is 2.66. The Morgan fingerprint density at radius 3 is 2.36 bits per heavy atom. The Bertz CT molecular complexity index is 1130. The van der Waals surface area contributed by atoms with Crippen molar-refractivity contribution < 1.29 is 61.4 Å². The summed E-state index contributed by atoms with van der Waals surface area (Å²) in [5.74, 6) is -2.24. The van der Waals surface area contributed by atoms with E-state index in [9.17, 15) is 38.4 Å². The van der Waals surface area contributed by atoms with E-state index in [1.807, 2.05) is 4.98 Å². The number of H-pyrrole nitrogens is 1. The zero-order valence-electron chi connectivity index (χ0n) is 16.2. The van der Waals surface area contributed by atoms with E-state index < -0.39 is 65.5 Å². The minimum Gasteiger partial charge on any atom is -0.387 e. The van der Waals surface area contributed by atoms with Gasteiger partial charge in [-0.05, 0) is 0 Å². The summed E-state index contributed by atoms with van der Waals surface area (Å²) in [7, 11) is -16.9. The molecule has 0 radical (unpaired) electrons. The van der Waals surface area contributed by atoms with Gasteiger partial charge in [-0.2, -0.15) is 8.62 Å². The largest absolute Gasteiger partial charge is 0.490 e. The van der Waals surface area contributed by atoms with Crippen molar-refractivity contribution >= 4 is 23.5 Å². The number of aliphatic hydroxyl groups is 2. The summed E-state index contributed by atoms with van der Waals surface area (Å²) in [6.07, 6.45) is -3.33. The van der Waals surface area contributed by atoms with Crippen LogP contribution in [0.3, 0.4) is 0 Å². The lowest BCUT2D eigenvalue weighted by atomic mass is 10.1. The third-order valence-corrected chi connectivity index (χ3v) is 7.74. The fourth-order valence-corrected chi connectivity index (χ4v) is 5.77. The van der Waals surface area contributed by atoms with E-state index in [0.717, 1.165) is 12.3 Å². The molecule has 0 aromatic carbocycles. The molecule has 0 spiro atoms. The summed E-state index contributed by atoms with van der Waals surface area (Å²) in [4.78, 5) is 61.2. The van der Waals surface area contributed by atoms with E-state index in [1.165, 1.54) is 6.08 Å². The maximum atomic E-state index is 12.2. The molecule has 0 amide bonds. The van der Waals surface area contributed by atoms with Crippen molar-refractivity contribution in [1.29, 1.82) is 0 Å². The number of phosphoric acid groups is 3. The summed E-state index contributed by atoms with van der Waals surface area (Å²) in [5.41, 5.74) is -1.86. The fourth-order valence-electron chi connectivity index (χ4n) is 2.74. The number of rotatable bonds is 11. The molecule has 18 nitrogen and oxygen atoms in total. The van der Waals surface area contributed by atoms with Crippen LogP contribution in [0.5, 0.6) is 0 Å². The third-order valence-electron chi connectivity index (χ3n) is 3.94. The van der Waals surface area contributed by atoms with Gasteiger partial charge in [-0.1, -0.05) is 6.08 Å². The highest BCUT2D eigenvalue weighted by atomic mass is 31.3. The van der Waals surface area contributed by atoms with Gasteiger partial charge in [0, 0.05) is 18.8 Å². The van der Waals surface area contributed by atoms with Gasteiger partial charge in [-0.3, -0.25) is 24.2 Å². The standard InChI is InChI=1S/C12H20N3O15P3/c1-2-4-13-12(15-5-3-8(16)14-11(15)19)10(18)9(17)7(28-12)6-27-32(23,24)30-33(25,26)29-31(20,21)22/h2-3,5,7,9-10,13,17-18H,1,4,6H2,(H,23,24)(H,25,26)(H,14,16,19)(H2,20,21,22)/t7-,9-,10-,12+/m1/s1. The van der Waals surface area contributed by atoms with E-state index in [4.69, 9.17) is 19.4 Å². The highest BCUT2D eigenvalue weighted by molar-refractivity contribution is 7.66. The molecule has 8 N–H and O–H groups in total. The molecule has 1 saturated heterocycles. The van der Waals surface area contributed by atoms with Crippen LogP contribution in [0.1, 0.15) is 0 Å². The van der Waals surface area contributed by atoms with Crippen LogP contribution in [-0.4, -0.2) is 70.8 Å². The number of hydrogen-bond acceptors (Lipinski definition) is 12. The number of aromatic amines is 1. The lowest BCUT2D eigenvalue weighted by Crippen LogP contribution is -2.60. The Labute approximate surface area is 183 Å². The summed E-state index contributed by atoms with van der Waals surface area (Å²) < 4.78 is 51.6. The van der Waals surface area contributed by atoms with Crippen molar-refractivity contribution in [3.63, 3.8) is 0 Å². The maximum Gasteiger partial charge on any atom is 0.490 e. The van der Waals surface area contributed by atoms with Crippen LogP contribution in [0.25, 0.3) is 0 Å². The molecule has 0 saturated carbocycles. The number of nitrogens with zero attached hydrogens (tertiary/aromatic N) is 1. The van der Waals surface area contributed by atoms with E-state index in [-0.39, 0.29) is 6.54 Å². The van der Waals surface area contributed by atoms with Crippen LogP contribution in [0.4, 0.5) is 0 Å². The summed E-state index contributed by atoms with van der Waals surface area (Å²) in [5, 5.41) is 23.5. The second kappa shape index (κ2) is 10.1. The van der Waals surface area contributed by atoms with Crippen LogP contribution in [0.2, 0.25) is 0 Å². The number of hydrogen-bond donors (Lipinski definition) is 8. The van der Waals surface area contributed by atoms with Gasteiger partial charge < -0.3 is 34.5 Å². The quantitative estimate of drug-likeness (QED) is 0.106. The van der Waals surface area contributed by atoms with E-state index in [0.29, 0.717) is 4.57 Å². The molecule has 2 heterocycles. The van der Waals surface area contributed by atoms with Crippen LogP contribution in [0, 0.1) is 0 Å². The van der Waals surface area contributed by atoms with Gasteiger partial charge in [0.25, 0.3) is 5.56 Å². The molecular formula is C12H20N3O15P3. The van der Waals surface area contributed by atoms with Gasteiger partial charge in [0.1, 0.15) is 18.3 Å². The Hall–Kier alpha value is -1.33. The number of nitrogens with one attached hydrogen (secondary N) is 2. The van der Waals surface area contributed by atoms with Crippen LogP contribution < -0.4 is 16.6 Å². The minimum atomic E-state index is -5.78. The lowest BCUT2D eigenvalue weighted by molar-refractivity contribution is -0.170. The van der Waals surface area contributed by atoms with Crippen molar-refractivity contribution in [2.45, 2.75) is 24.2 Å². The molecule has 1 aliphatic rings. The first-order valence-electron chi connectivity index (χ1n) is 8.52. The molecule has 2 unspecified atom stereocenters. The van der Waals surface area contributed by atoms with Crippen molar-refractivity contribution in [1.82, 2.24) is 14.9 Å². The van der Waals surface area contributed by atoms with E-state index in [2.05, 4.69) is 25.0 Å². The fraction of sp³-hybridized carbons (Fsp3) is 0.500. The van der Waals surface area contributed by atoms with Gasteiger partial charge in [-0.15, -0.1) is 6.58 Å². The van der Waals surface area contributed by atoms with Crippen LogP contribution >= 0.6 is 23.5 Å². The molecule has 1 aromatic heterocycles. The SMILES string of the molecule is C=CCN[C@@]1(n2ccc(=O)[nH]c2=O)O[C@H](COP(=O)(O)OP(=O)(O)OP(=O)(O)O)[C@@H](O)[C@H]1O. The third kappa shape index (κ3) is 7.08. The molecular weight excluding hydrogens is 519 g/mol. The smallest absolute Gasteiger partial charge is 0.387 e. The van der Waals surface area contributed by atoms with Crippen molar-refractivity contribution in [3.05, 3.63) is 45.8 Å². The first kappa shape index (κ1) is 27.9. The average Bonchev–Trinajstić information content (AvgIpc) is 2.87. The monoisotopic (exact) mass is 539 g/mol. The van der Waals surface area contributed by atoms with Crippen LogP contribution in [-0.2, 0) is 37.4 Å². The molecule has 33 heavy (non-hydrogen) atoms. The van der Waals surface area contributed by atoms with Gasteiger partial charge in [0.2, 0.25) is 5.85 Å². The molecule has 1 fully saturated rings. The Kier molecular flexibility index (Phi) is 8.55. The molecule has 1 aliphatic heterocycles. The van der Waals surface area contributed by atoms with Crippen LogP contribution in [0.15, 0.2) is 34.5 Å². The van der Waals surface area contributed by atoms with Gasteiger partial charge in [0.15, 0.2) is 0 Å². The summed E-state index contributed by atoms with van der Waals surface area (Å²) >= 11 is 0. The zero-order valence-corrected chi connectivity index (χ0v) is 18.9. The number of ether oxygens (including phenoxy) is 1. The topological polar surface area (TPSA) is 276 Å². The van der Waals surface area contributed by atoms with E-state index in [1.54, 1.807) is 0 Å². The summed E-state index contributed by atoms with van der Waals surface area (Å²) in [6.45, 7) is 2.21. The zero-order chi connectivity index (χ0) is 25.2. The number of phosphoric ester groups is 1. The minimum absolute atomic E-state index is 0.113. The predicted molar refractivity (Wildman–Crippen MR) is 104 cm³/mol. The molecule has 6 atom stereocenters. The Morgan fingerprint density at radius 2 is 1.82 bits per heavy atom. The average molecular weight is 539 g/mol. The van der Waals surface area contributed by atoms with Crippen molar-refractivity contribution in [3.8, 4) is 0 Å². The van der Waals surface area contributed by atoms with Gasteiger partial charge in [-0.25, -0.2) is 18.5 Å². The molecule has 1 aromatic rings. The molecule has 0 aliphatic carbocycles. The predicted octanol–water partition coefficient (Wildman–Crippen LogP) is -2.61. The second-order valence-electron chi connectivity index (χ2n) is 6.32. The highest BCUT2D eigenvalue weighted by Gasteiger charge is 2.56. The Balaban J connectivity index is 2.25. The molecule has 2 rings (SSSR count). The number of aliphatic hydroxyl groups excluding tert-OH is 2. The molecule has 21 heteroatoms. The molecule has 0 bridgehead atoms. The first-order valence-corrected chi connectivity index (χ1v) is 13.0. The van der Waals surface area contributed by atoms with Gasteiger partial charge in [0.05, 0.1) is 6.61 Å². The Morgan fingerprint density at radius 1 is 1.18 bits per heavy atom. The normalized spacial score (nSPS) is 29.3. The number of aromatic nitrogens is 2. The summed E-state index contributed by atoms with van der Waals surface area (Å²) in [6, 6.07) is 0.903.